The average molecular weight is 696 g/mol. The van der Waals surface area contributed by atoms with Crippen LogP contribution < -0.4 is 15.6 Å². The molecule has 2 amide bonds. The summed E-state index contributed by atoms with van der Waals surface area (Å²) < 4.78 is 40.8. The number of ether oxygens (including phenoxy) is 2. The van der Waals surface area contributed by atoms with Gasteiger partial charge >= 0.3 is 11.5 Å². The van der Waals surface area contributed by atoms with Crippen LogP contribution in [0.1, 0.15) is 88.0 Å². The molecule has 0 aliphatic carbocycles. The van der Waals surface area contributed by atoms with Gasteiger partial charge in [-0.3, -0.25) is 19.2 Å². The third-order valence-corrected chi connectivity index (χ3v) is 9.74. The molecule has 0 bridgehead atoms. The number of carbonyl (C=O) groups excluding carboxylic acids is 3. The molecular weight excluding hydrogens is 648 g/mol. The highest BCUT2D eigenvalue weighted by atomic mass is 19.1. The largest absolute Gasteiger partial charge is 0.464 e. The molecule has 1 aliphatic heterocycles. The van der Waals surface area contributed by atoms with Gasteiger partial charge in [-0.2, -0.15) is 5.10 Å². The number of likely N-dealkylation sites (N-methyl/N-ethyl adjacent to an activating group) is 1. The predicted octanol–water partition coefficient (Wildman–Crippen LogP) is 5.69. The summed E-state index contributed by atoms with van der Waals surface area (Å²) in [6.45, 7) is 13.5. The van der Waals surface area contributed by atoms with Crippen molar-refractivity contribution < 1.29 is 32.6 Å². The van der Waals surface area contributed by atoms with E-state index in [1.165, 1.54) is 37.3 Å². The van der Waals surface area contributed by atoms with Gasteiger partial charge in [0.05, 0.1) is 17.2 Å². The van der Waals surface area contributed by atoms with Crippen LogP contribution in [0.5, 0.6) is 11.5 Å². The SMILES string of the molecule is CCN(CC)CCOC(=O)C(CC)(CC)[C@H]1CC[C@@H](c2cccc(F)c2)N1C(=O)[C@@H](C)NC(=O)c1ccc(Oc2cc(C)n[nH]c2=O)c(F)c1. The zero-order valence-electron chi connectivity index (χ0n) is 29.6. The molecule has 50 heavy (non-hydrogen) atoms. The number of hydrogen-bond acceptors (Lipinski definition) is 8. The third-order valence-electron chi connectivity index (χ3n) is 9.74. The number of amides is 2. The van der Waals surface area contributed by atoms with E-state index in [9.17, 15) is 23.6 Å². The number of aromatic amines is 1. The Bertz CT molecular complexity index is 1720. The molecule has 1 aliphatic rings. The van der Waals surface area contributed by atoms with Crippen LogP contribution in [0.4, 0.5) is 8.78 Å². The highest BCUT2D eigenvalue weighted by Gasteiger charge is 2.53. The van der Waals surface area contributed by atoms with Crippen LogP contribution in [-0.2, 0) is 14.3 Å². The maximum atomic E-state index is 15.1. The molecule has 3 atom stereocenters. The first kappa shape index (κ1) is 38.2. The summed E-state index contributed by atoms with van der Waals surface area (Å²) in [5.74, 6) is -3.37. The Morgan fingerprint density at radius 2 is 1.76 bits per heavy atom. The van der Waals surface area contributed by atoms with Gasteiger partial charge in [0.25, 0.3) is 5.91 Å². The van der Waals surface area contributed by atoms with E-state index in [4.69, 9.17) is 9.47 Å². The number of aryl methyl sites for hydroxylation is 1. The molecule has 13 heteroatoms. The normalized spacial score (nSPS) is 16.7. The number of aromatic nitrogens is 2. The zero-order valence-corrected chi connectivity index (χ0v) is 29.6. The van der Waals surface area contributed by atoms with Crippen LogP contribution in [0.15, 0.2) is 53.3 Å². The van der Waals surface area contributed by atoms with Crippen molar-refractivity contribution in [3.8, 4) is 11.5 Å². The Labute approximate surface area is 291 Å². The maximum Gasteiger partial charge on any atom is 0.314 e. The number of rotatable bonds is 15. The van der Waals surface area contributed by atoms with Gasteiger partial charge in [-0.1, -0.05) is 39.8 Å². The molecule has 11 nitrogen and oxygen atoms in total. The van der Waals surface area contributed by atoms with Gasteiger partial charge < -0.3 is 24.6 Å². The van der Waals surface area contributed by atoms with Crippen molar-refractivity contribution >= 4 is 17.8 Å². The molecule has 0 radical (unpaired) electrons. The smallest absolute Gasteiger partial charge is 0.314 e. The van der Waals surface area contributed by atoms with E-state index in [0.29, 0.717) is 43.5 Å². The molecule has 1 aromatic heterocycles. The van der Waals surface area contributed by atoms with Crippen LogP contribution in [0, 0.1) is 24.0 Å². The molecule has 2 aromatic carbocycles. The Morgan fingerprint density at radius 1 is 1.04 bits per heavy atom. The number of esters is 1. The first-order valence-corrected chi connectivity index (χ1v) is 17.2. The number of carbonyl (C=O) groups is 3. The van der Waals surface area contributed by atoms with Gasteiger partial charge in [0.2, 0.25) is 5.91 Å². The highest BCUT2D eigenvalue weighted by Crippen LogP contribution is 2.47. The van der Waals surface area contributed by atoms with Gasteiger partial charge in [0.1, 0.15) is 18.5 Å². The second-order valence-electron chi connectivity index (χ2n) is 12.6. The summed E-state index contributed by atoms with van der Waals surface area (Å²) in [6.07, 6.45) is 1.74. The monoisotopic (exact) mass is 695 g/mol. The fourth-order valence-corrected chi connectivity index (χ4v) is 6.76. The van der Waals surface area contributed by atoms with E-state index < -0.39 is 58.5 Å². The maximum absolute atomic E-state index is 15.1. The number of nitrogens with zero attached hydrogens (tertiary/aromatic N) is 3. The van der Waals surface area contributed by atoms with Gasteiger partial charge in [0, 0.05) is 24.2 Å². The molecule has 1 fully saturated rings. The van der Waals surface area contributed by atoms with Crippen LogP contribution in [-0.4, -0.2) is 76.1 Å². The number of nitrogens with one attached hydrogen (secondary N) is 2. The summed E-state index contributed by atoms with van der Waals surface area (Å²) in [5, 5.41) is 8.68. The van der Waals surface area contributed by atoms with Gasteiger partial charge in [-0.05, 0) is 88.5 Å². The fourth-order valence-electron chi connectivity index (χ4n) is 6.76. The Morgan fingerprint density at radius 3 is 2.40 bits per heavy atom. The zero-order chi connectivity index (χ0) is 36.6. The average Bonchev–Trinajstić information content (AvgIpc) is 3.55. The predicted molar refractivity (Wildman–Crippen MR) is 184 cm³/mol. The number of hydrogen-bond donors (Lipinski definition) is 2. The quantitative estimate of drug-likeness (QED) is 0.194. The Balaban J connectivity index is 1.58. The lowest BCUT2D eigenvalue weighted by atomic mass is 9.74. The molecule has 0 saturated carbocycles. The molecule has 3 aromatic rings. The Kier molecular flexibility index (Phi) is 12.9. The number of benzene rings is 2. The second-order valence-corrected chi connectivity index (χ2v) is 12.6. The van der Waals surface area contributed by atoms with E-state index in [1.807, 2.05) is 27.7 Å². The van der Waals surface area contributed by atoms with Crippen molar-refractivity contribution in [2.45, 2.75) is 85.4 Å². The number of H-pyrrole nitrogens is 1. The van der Waals surface area contributed by atoms with E-state index >= 15 is 4.39 Å². The van der Waals surface area contributed by atoms with E-state index in [2.05, 4.69) is 20.4 Å². The minimum Gasteiger partial charge on any atom is -0.464 e. The van der Waals surface area contributed by atoms with Crippen molar-refractivity contribution in [3.63, 3.8) is 0 Å². The summed E-state index contributed by atoms with van der Waals surface area (Å²) in [6, 6.07) is 8.62. The lowest BCUT2D eigenvalue weighted by Crippen LogP contribution is -2.56. The molecular formula is C37H47F2N5O6. The lowest BCUT2D eigenvalue weighted by molar-refractivity contribution is -0.164. The van der Waals surface area contributed by atoms with Crippen molar-refractivity contribution in [1.82, 2.24) is 25.3 Å². The summed E-state index contributed by atoms with van der Waals surface area (Å²) in [7, 11) is 0. The molecule has 0 spiro atoms. The molecule has 1 saturated heterocycles. The van der Waals surface area contributed by atoms with Crippen LogP contribution in [0.2, 0.25) is 0 Å². The van der Waals surface area contributed by atoms with E-state index in [1.54, 1.807) is 24.0 Å². The highest BCUT2D eigenvalue weighted by molar-refractivity contribution is 5.98. The minimum absolute atomic E-state index is 0.0813. The van der Waals surface area contributed by atoms with E-state index in [0.717, 1.165) is 19.2 Å². The molecule has 4 rings (SSSR count). The summed E-state index contributed by atoms with van der Waals surface area (Å²) in [5.41, 5.74) is -0.738. The standard InChI is InChI=1S/C37H47F2N5O6/c1-7-37(8-2,36(48)49-19-18-43(9-3)10-4)32-17-15-29(25-12-11-13-27(38)21-25)44(32)35(47)24(6)40-33(45)26-14-16-30(28(39)22-26)50-31-20-23(5)41-42-34(31)46/h11-14,16,20-22,24,29,32H,7-10,15,17-19H2,1-6H3,(H,40,45)(H,42,46)/t24-,29+,32-/m1/s1. The molecule has 270 valence electrons. The Hall–Kier alpha value is -4.65. The topological polar surface area (TPSA) is 134 Å². The first-order valence-electron chi connectivity index (χ1n) is 17.2. The van der Waals surface area contributed by atoms with Crippen LogP contribution >= 0.6 is 0 Å². The summed E-state index contributed by atoms with van der Waals surface area (Å²) >= 11 is 0. The van der Waals surface area contributed by atoms with Crippen LogP contribution in [0.25, 0.3) is 0 Å². The van der Waals surface area contributed by atoms with Gasteiger partial charge in [-0.15, -0.1) is 0 Å². The van der Waals surface area contributed by atoms with Gasteiger partial charge in [0.15, 0.2) is 17.3 Å². The summed E-state index contributed by atoms with van der Waals surface area (Å²) in [4.78, 5) is 57.4. The third kappa shape index (κ3) is 8.38. The van der Waals surface area contributed by atoms with Crippen molar-refractivity contribution in [1.29, 1.82) is 0 Å². The molecule has 2 N–H and O–H groups in total. The lowest BCUT2D eigenvalue weighted by Gasteiger charge is -2.43. The van der Waals surface area contributed by atoms with Crippen molar-refractivity contribution in [3.05, 3.63) is 87.3 Å². The first-order chi connectivity index (χ1) is 23.9. The number of likely N-dealkylation sites (tertiary alicyclic amines) is 1. The number of halogens is 2. The fraction of sp³-hybridized carbons (Fsp3) is 0.486. The second kappa shape index (κ2) is 16.8. The van der Waals surface area contributed by atoms with E-state index in [-0.39, 0.29) is 23.7 Å². The molecule has 2 heterocycles. The van der Waals surface area contributed by atoms with Crippen molar-refractivity contribution in [2.75, 3.05) is 26.2 Å². The van der Waals surface area contributed by atoms with Crippen LogP contribution in [0.3, 0.4) is 0 Å². The van der Waals surface area contributed by atoms with Crippen molar-refractivity contribution in [2.24, 2.45) is 5.41 Å². The molecule has 0 unspecified atom stereocenters. The van der Waals surface area contributed by atoms with Gasteiger partial charge in [-0.25, -0.2) is 13.9 Å². The minimum atomic E-state index is -1.10.